The number of hydrogen-bond acceptors (Lipinski definition) is 4. The van der Waals surface area contributed by atoms with Crippen molar-refractivity contribution in [3.63, 3.8) is 0 Å². The van der Waals surface area contributed by atoms with E-state index < -0.39 is 0 Å². The molecule has 1 aliphatic carbocycles. The molecule has 1 saturated heterocycles. The van der Waals surface area contributed by atoms with Gasteiger partial charge < -0.3 is 19.1 Å². The van der Waals surface area contributed by atoms with E-state index in [0.29, 0.717) is 18.3 Å². The molecule has 0 spiro atoms. The summed E-state index contributed by atoms with van der Waals surface area (Å²) >= 11 is 0. The van der Waals surface area contributed by atoms with Crippen LogP contribution in [0, 0.1) is 5.92 Å². The minimum atomic E-state index is 0.448. The minimum Gasteiger partial charge on any atom is -0.380 e. The van der Waals surface area contributed by atoms with E-state index in [4.69, 9.17) is 14.2 Å². The molecule has 1 saturated carbocycles. The lowest BCUT2D eigenvalue weighted by molar-refractivity contribution is -0.136. The summed E-state index contributed by atoms with van der Waals surface area (Å²) in [6.07, 6.45) is 7.07. The Labute approximate surface area is 136 Å². The molecule has 130 valence electrons. The summed E-state index contributed by atoms with van der Waals surface area (Å²) in [5.74, 6) is 0.736. The lowest BCUT2D eigenvalue weighted by Gasteiger charge is -2.40. The van der Waals surface area contributed by atoms with Gasteiger partial charge in [-0.25, -0.2) is 0 Å². The van der Waals surface area contributed by atoms with Crippen molar-refractivity contribution in [2.24, 2.45) is 5.92 Å². The standard InChI is InChI=1S/C18H35NO3/c1-4-20-12-10-19-8-5-16(6-9-19)22-18-13-17(14-18)21-11-7-15(2)3/h15-18H,4-14H2,1-3H3. The largest absolute Gasteiger partial charge is 0.380 e. The number of likely N-dealkylation sites (tertiary alicyclic amines) is 1. The predicted molar refractivity (Wildman–Crippen MR) is 89.3 cm³/mol. The zero-order chi connectivity index (χ0) is 15.8. The molecule has 0 atom stereocenters. The maximum Gasteiger partial charge on any atom is 0.0628 e. The molecule has 0 radical (unpaired) electrons. The van der Waals surface area contributed by atoms with E-state index in [2.05, 4.69) is 25.7 Å². The van der Waals surface area contributed by atoms with Gasteiger partial charge in [0.05, 0.1) is 24.9 Å². The zero-order valence-corrected chi connectivity index (χ0v) is 14.8. The van der Waals surface area contributed by atoms with E-state index in [1.54, 1.807) is 0 Å². The van der Waals surface area contributed by atoms with Gasteiger partial charge in [0, 0.05) is 32.8 Å². The molecule has 0 bridgehead atoms. The second kappa shape index (κ2) is 9.86. The molecule has 0 amide bonds. The smallest absolute Gasteiger partial charge is 0.0628 e. The van der Waals surface area contributed by atoms with E-state index in [0.717, 1.165) is 58.2 Å². The third kappa shape index (κ3) is 6.53. The van der Waals surface area contributed by atoms with Crippen LogP contribution in [-0.2, 0) is 14.2 Å². The maximum atomic E-state index is 6.22. The molecule has 0 N–H and O–H groups in total. The molecule has 2 rings (SSSR count). The van der Waals surface area contributed by atoms with Crippen molar-refractivity contribution in [3.05, 3.63) is 0 Å². The molecule has 0 aromatic heterocycles. The molecule has 22 heavy (non-hydrogen) atoms. The summed E-state index contributed by atoms with van der Waals surface area (Å²) in [5, 5.41) is 0. The molecular weight excluding hydrogens is 278 g/mol. The van der Waals surface area contributed by atoms with Crippen LogP contribution in [0.1, 0.15) is 52.9 Å². The highest BCUT2D eigenvalue weighted by Gasteiger charge is 2.33. The van der Waals surface area contributed by atoms with E-state index in [-0.39, 0.29) is 0 Å². The number of hydrogen-bond donors (Lipinski definition) is 0. The first kappa shape index (κ1) is 18.2. The fraction of sp³-hybridized carbons (Fsp3) is 1.00. The highest BCUT2D eigenvalue weighted by molar-refractivity contribution is 4.83. The Kier molecular flexibility index (Phi) is 8.15. The van der Waals surface area contributed by atoms with Gasteiger partial charge in [0.25, 0.3) is 0 Å². The van der Waals surface area contributed by atoms with Crippen molar-refractivity contribution in [2.45, 2.75) is 71.2 Å². The Balaban J connectivity index is 1.48. The number of ether oxygens (including phenoxy) is 3. The van der Waals surface area contributed by atoms with Crippen LogP contribution in [0.25, 0.3) is 0 Å². The fourth-order valence-corrected chi connectivity index (χ4v) is 3.11. The molecule has 0 aromatic carbocycles. The highest BCUT2D eigenvalue weighted by atomic mass is 16.5. The summed E-state index contributed by atoms with van der Waals surface area (Å²) in [6.45, 7) is 12.5. The topological polar surface area (TPSA) is 30.9 Å². The Hall–Kier alpha value is -0.160. The van der Waals surface area contributed by atoms with Crippen LogP contribution >= 0.6 is 0 Å². The third-order valence-electron chi connectivity index (χ3n) is 4.78. The lowest BCUT2D eigenvalue weighted by Crippen LogP contribution is -2.44. The molecule has 1 aliphatic heterocycles. The van der Waals surface area contributed by atoms with Crippen molar-refractivity contribution < 1.29 is 14.2 Å². The van der Waals surface area contributed by atoms with Gasteiger partial charge in [-0.2, -0.15) is 0 Å². The van der Waals surface area contributed by atoms with E-state index in [1.165, 1.54) is 19.3 Å². The Bertz CT molecular complexity index is 284. The summed E-state index contributed by atoms with van der Waals surface area (Å²) in [5.41, 5.74) is 0. The van der Waals surface area contributed by atoms with Gasteiger partial charge in [0.1, 0.15) is 0 Å². The van der Waals surface area contributed by atoms with Gasteiger partial charge in [0.2, 0.25) is 0 Å². The summed E-state index contributed by atoms with van der Waals surface area (Å²) < 4.78 is 17.5. The van der Waals surface area contributed by atoms with Crippen LogP contribution in [0.4, 0.5) is 0 Å². The molecule has 0 unspecified atom stereocenters. The zero-order valence-electron chi connectivity index (χ0n) is 14.8. The van der Waals surface area contributed by atoms with Crippen molar-refractivity contribution in [3.8, 4) is 0 Å². The van der Waals surface area contributed by atoms with Crippen LogP contribution < -0.4 is 0 Å². The number of rotatable bonds is 10. The van der Waals surface area contributed by atoms with Crippen LogP contribution in [-0.4, -0.2) is 62.7 Å². The molecular formula is C18H35NO3. The van der Waals surface area contributed by atoms with Crippen LogP contribution in [0.15, 0.2) is 0 Å². The summed E-state index contributed by atoms with van der Waals surface area (Å²) in [7, 11) is 0. The predicted octanol–water partition coefficient (Wildman–Crippen LogP) is 3.10. The van der Waals surface area contributed by atoms with Crippen LogP contribution in [0.5, 0.6) is 0 Å². The first-order valence-electron chi connectivity index (χ1n) is 9.24. The average Bonchev–Trinajstić information content (AvgIpc) is 2.46. The van der Waals surface area contributed by atoms with Crippen molar-refractivity contribution in [2.75, 3.05) is 39.5 Å². The average molecular weight is 313 g/mol. The van der Waals surface area contributed by atoms with Gasteiger partial charge in [-0.3, -0.25) is 0 Å². The summed E-state index contributed by atoms with van der Waals surface area (Å²) in [4.78, 5) is 2.49. The quantitative estimate of drug-likeness (QED) is 0.580. The van der Waals surface area contributed by atoms with Crippen LogP contribution in [0.3, 0.4) is 0 Å². The molecule has 0 aromatic rings. The van der Waals surface area contributed by atoms with Gasteiger partial charge >= 0.3 is 0 Å². The molecule has 2 fully saturated rings. The summed E-state index contributed by atoms with van der Waals surface area (Å²) in [6, 6.07) is 0. The van der Waals surface area contributed by atoms with Gasteiger partial charge in [-0.15, -0.1) is 0 Å². The molecule has 1 heterocycles. The monoisotopic (exact) mass is 313 g/mol. The highest BCUT2D eigenvalue weighted by Crippen LogP contribution is 2.29. The van der Waals surface area contributed by atoms with Gasteiger partial charge in [-0.05, 0) is 44.9 Å². The second-order valence-electron chi connectivity index (χ2n) is 7.14. The number of piperidine rings is 1. The van der Waals surface area contributed by atoms with E-state index >= 15 is 0 Å². The maximum absolute atomic E-state index is 6.22. The van der Waals surface area contributed by atoms with Crippen LogP contribution in [0.2, 0.25) is 0 Å². The third-order valence-corrected chi connectivity index (χ3v) is 4.78. The Morgan fingerprint density at radius 3 is 2.36 bits per heavy atom. The molecule has 2 aliphatic rings. The molecule has 4 heteroatoms. The van der Waals surface area contributed by atoms with E-state index in [1.807, 2.05) is 0 Å². The lowest BCUT2D eigenvalue weighted by atomic mass is 9.91. The SMILES string of the molecule is CCOCCN1CCC(OC2CC(OCCC(C)C)C2)CC1. The van der Waals surface area contributed by atoms with E-state index in [9.17, 15) is 0 Å². The molecule has 4 nitrogen and oxygen atoms in total. The minimum absolute atomic E-state index is 0.448. The normalized spacial score (nSPS) is 27.3. The van der Waals surface area contributed by atoms with Crippen molar-refractivity contribution in [1.82, 2.24) is 4.90 Å². The Morgan fingerprint density at radius 2 is 1.73 bits per heavy atom. The van der Waals surface area contributed by atoms with Gasteiger partial charge in [0.15, 0.2) is 0 Å². The first-order valence-corrected chi connectivity index (χ1v) is 9.24. The Morgan fingerprint density at radius 1 is 1.00 bits per heavy atom. The second-order valence-corrected chi connectivity index (χ2v) is 7.14. The van der Waals surface area contributed by atoms with Crippen molar-refractivity contribution >= 4 is 0 Å². The van der Waals surface area contributed by atoms with Crippen molar-refractivity contribution in [1.29, 1.82) is 0 Å². The number of nitrogens with zero attached hydrogens (tertiary/aromatic N) is 1. The first-order chi connectivity index (χ1) is 10.7. The van der Waals surface area contributed by atoms with Gasteiger partial charge in [-0.1, -0.05) is 13.8 Å². The fourth-order valence-electron chi connectivity index (χ4n) is 3.11.